The highest BCUT2D eigenvalue weighted by atomic mass is 16.4. The van der Waals surface area contributed by atoms with Crippen LogP contribution in [-0.4, -0.2) is 46.2 Å². The molecule has 1 aliphatic carbocycles. The van der Waals surface area contributed by atoms with E-state index in [2.05, 4.69) is 0 Å². The van der Waals surface area contributed by atoms with Gasteiger partial charge < -0.3 is 15.1 Å². The fourth-order valence-corrected chi connectivity index (χ4v) is 1.98. The monoisotopic (exact) mass is 227 g/mol. The van der Waals surface area contributed by atoms with Gasteiger partial charge in [0.05, 0.1) is 5.60 Å². The lowest BCUT2D eigenvalue weighted by molar-refractivity contribution is -0.132. The van der Waals surface area contributed by atoms with Crippen LogP contribution in [0, 0.1) is 0 Å². The van der Waals surface area contributed by atoms with E-state index in [-0.39, 0.29) is 6.54 Å². The van der Waals surface area contributed by atoms with Crippen molar-refractivity contribution in [3.05, 3.63) is 12.2 Å². The molecule has 0 spiro atoms. The Morgan fingerprint density at radius 1 is 1.31 bits per heavy atom. The summed E-state index contributed by atoms with van der Waals surface area (Å²) in [6.45, 7) is 0.260. The van der Waals surface area contributed by atoms with E-state index in [4.69, 9.17) is 5.11 Å². The topological polar surface area (TPSA) is 77.8 Å². The quantitative estimate of drug-likeness (QED) is 0.681. The number of carboxylic acid groups (broad SMARTS) is 1. The van der Waals surface area contributed by atoms with Crippen LogP contribution in [0.2, 0.25) is 0 Å². The fourth-order valence-electron chi connectivity index (χ4n) is 1.98. The highest BCUT2D eigenvalue weighted by Crippen LogP contribution is 2.29. The van der Waals surface area contributed by atoms with Crippen LogP contribution in [0.3, 0.4) is 0 Å². The van der Waals surface area contributed by atoms with Gasteiger partial charge in [-0.15, -0.1) is 0 Å². The average molecular weight is 227 g/mol. The Morgan fingerprint density at radius 2 is 1.88 bits per heavy atom. The fraction of sp³-hybridized carbons (Fsp3) is 0.636. The number of carbonyl (C=O) groups excluding carboxylic acids is 1. The van der Waals surface area contributed by atoms with Crippen molar-refractivity contribution < 1.29 is 19.8 Å². The Hall–Kier alpha value is -1.36. The Bertz CT molecular complexity index is 305. The lowest BCUT2D eigenvalue weighted by Crippen LogP contribution is -2.41. The van der Waals surface area contributed by atoms with Crippen molar-refractivity contribution in [3.8, 4) is 0 Å². The molecule has 2 N–H and O–H groups in total. The van der Waals surface area contributed by atoms with Crippen LogP contribution in [0.5, 0.6) is 0 Å². The molecule has 1 amide bonds. The molecule has 0 aliphatic heterocycles. The van der Waals surface area contributed by atoms with Gasteiger partial charge >= 0.3 is 5.97 Å². The normalized spacial score (nSPS) is 18.9. The molecule has 0 radical (unpaired) electrons. The predicted molar refractivity (Wildman–Crippen MR) is 57.8 cm³/mol. The zero-order valence-corrected chi connectivity index (χ0v) is 9.35. The molecule has 0 aromatic heterocycles. The molecule has 1 saturated carbocycles. The van der Waals surface area contributed by atoms with E-state index in [0.29, 0.717) is 12.8 Å². The minimum Gasteiger partial charge on any atom is -0.478 e. The molecule has 0 saturated heterocycles. The molecule has 1 aliphatic rings. The number of likely N-dealkylation sites (N-methyl/N-ethyl adjacent to an activating group) is 1. The van der Waals surface area contributed by atoms with Crippen LogP contribution in [0.4, 0.5) is 0 Å². The van der Waals surface area contributed by atoms with Gasteiger partial charge in [0.1, 0.15) is 0 Å². The van der Waals surface area contributed by atoms with Crippen LogP contribution < -0.4 is 0 Å². The molecule has 0 aromatic rings. The molecule has 5 heteroatoms. The number of carbonyl (C=O) groups is 2. The molecule has 1 rings (SSSR count). The summed E-state index contributed by atoms with van der Waals surface area (Å²) in [6, 6.07) is 0. The minimum absolute atomic E-state index is 0.260. The van der Waals surface area contributed by atoms with Gasteiger partial charge in [0, 0.05) is 25.7 Å². The summed E-state index contributed by atoms with van der Waals surface area (Å²) >= 11 is 0. The number of hydrogen-bond donors (Lipinski definition) is 2. The Kier molecular flexibility index (Phi) is 4.06. The van der Waals surface area contributed by atoms with Crippen molar-refractivity contribution in [2.45, 2.75) is 31.3 Å². The van der Waals surface area contributed by atoms with Crippen molar-refractivity contribution in [2.24, 2.45) is 0 Å². The molecule has 90 valence electrons. The Balaban J connectivity index is 2.48. The van der Waals surface area contributed by atoms with Crippen LogP contribution in [0.1, 0.15) is 25.7 Å². The van der Waals surface area contributed by atoms with Crippen molar-refractivity contribution >= 4 is 11.9 Å². The van der Waals surface area contributed by atoms with Gasteiger partial charge in [0.25, 0.3) is 0 Å². The number of rotatable bonds is 4. The van der Waals surface area contributed by atoms with Crippen LogP contribution in [0.15, 0.2) is 12.2 Å². The van der Waals surface area contributed by atoms with Gasteiger partial charge in [-0.3, -0.25) is 4.79 Å². The molecule has 5 nitrogen and oxygen atoms in total. The molecule has 1 fully saturated rings. The SMILES string of the molecule is CN(CC1(O)CCCC1)C(=O)/C=C/C(=O)O. The second-order valence-electron chi connectivity index (χ2n) is 4.30. The van der Waals surface area contributed by atoms with E-state index in [1.54, 1.807) is 7.05 Å². The molecular weight excluding hydrogens is 210 g/mol. The zero-order chi connectivity index (χ0) is 12.2. The molecule has 16 heavy (non-hydrogen) atoms. The first kappa shape index (κ1) is 12.7. The third kappa shape index (κ3) is 3.66. The molecule has 0 heterocycles. The maximum absolute atomic E-state index is 11.4. The number of aliphatic carboxylic acids is 1. The Morgan fingerprint density at radius 3 is 2.38 bits per heavy atom. The lowest BCUT2D eigenvalue weighted by Gasteiger charge is -2.27. The van der Waals surface area contributed by atoms with Crippen molar-refractivity contribution in [1.82, 2.24) is 4.90 Å². The van der Waals surface area contributed by atoms with Gasteiger partial charge in [-0.1, -0.05) is 12.8 Å². The van der Waals surface area contributed by atoms with E-state index in [1.807, 2.05) is 0 Å². The van der Waals surface area contributed by atoms with Crippen LogP contribution in [0.25, 0.3) is 0 Å². The van der Waals surface area contributed by atoms with Crippen molar-refractivity contribution in [1.29, 1.82) is 0 Å². The standard InChI is InChI=1S/C11H17NO4/c1-12(9(13)4-5-10(14)15)8-11(16)6-2-3-7-11/h4-5,16H,2-3,6-8H2,1H3,(H,14,15)/b5-4+. The highest BCUT2D eigenvalue weighted by Gasteiger charge is 2.32. The number of aliphatic hydroxyl groups is 1. The van der Waals surface area contributed by atoms with E-state index < -0.39 is 17.5 Å². The molecule has 0 unspecified atom stereocenters. The van der Waals surface area contributed by atoms with Crippen LogP contribution >= 0.6 is 0 Å². The summed E-state index contributed by atoms with van der Waals surface area (Å²) in [5.41, 5.74) is -0.790. The van der Waals surface area contributed by atoms with E-state index in [1.165, 1.54) is 4.90 Å². The zero-order valence-electron chi connectivity index (χ0n) is 9.35. The number of amides is 1. The number of nitrogens with zero attached hydrogens (tertiary/aromatic N) is 1. The maximum atomic E-state index is 11.4. The third-order valence-electron chi connectivity index (χ3n) is 2.81. The summed E-state index contributed by atoms with van der Waals surface area (Å²) in [6.07, 6.45) is 5.16. The minimum atomic E-state index is -1.15. The van der Waals surface area contributed by atoms with Gasteiger partial charge in [-0.2, -0.15) is 0 Å². The summed E-state index contributed by atoms with van der Waals surface area (Å²) in [7, 11) is 1.56. The Labute approximate surface area is 94.4 Å². The summed E-state index contributed by atoms with van der Waals surface area (Å²) in [4.78, 5) is 23.0. The first-order valence-corrected chi connectivity index (χ1v) is 5.31. The van der Waals surface area contributed by atoms with Gasteiger partial charge in [-0.05, 0) is 12.8 Å². The highest BCUT2D eigenvalue weighted by molar-refractivity contribution is 5.93. The average Bonchev–Trinajstić information content (AvgIpc) is 2.61. The summed E-state index contributed by atoms with van der Waals surface area (Å²) in [5, 5.41) is 18.4. The predicted octanol–water partition coefficient (Wildman–Crippen LogP) is 0.391. The molecule has 0 atom stereocenters. The largest absolute Gasteiger partial charge is 0.478 e. The van der Waals surface area contributed by atoms with E-state index >= 15 is 0 Å². The molecule has 0 aromatic carbocycles. The summed E-state index contributed by atoms with van der Waals surface area (Å²) < 4.78 is 0. The van der Waals surface area contributed by atoms with E-state index in [0.717, 1.165) is 25.0 Å². The first-order chi connectivity index (χ1) is 7.43. The van der Waals surface area contributed by atoms with Crippen molar-refractivity contribution in [3.63, 3.8) is 0 Å². The second-order valence-corrected chi connectivity index (χ2v) is 4.30. The maximum Gasteiger partial charge on any atom is 0.328 e. The molecule has 0 bridgehead atoms. The lowest BCUT2D eigenvalue weighted by atomic mass is 10.0. The molecular formula is C11H17NO4. The van der Waals surface area contributed by atoms with E-state index in [9.17, 15) is 14.7 Å². The summed E-state index contributed by atoms with van der Waals surface area (Å²) in [5.74, 6) is -1.55. The number of hydrogen-bond acceptors (Lipinski definition) is 3. The number of carboxylic acids is 1. The van der Waals surface area contributed by atoms with Crippen LogP contribution in [-0.2, 0) is 9.59 Å². The van der Waals surface area contributed by atoms with Gasteiger partial charge in [-0.25, -0.2) is 4.79 Å². The first-order valence-electron chi connectivity index (χ1n) is 5.31. The van der Waals surface area contributed by atoms with Crippen molar-refractivity contribution in [2.75, 3.05) is 13.6 Å². The third-order valence-corrected chi connectivity index (χ3v) is 2.81. The van der Waals surface area contributed by atoms with Gasteiger partial charge in [0.2, 0.25) is 5.91 Å². The second kappa shape index (κ2) is 5.12. The smallest absolute Gasteiger partial charge is 0.328 e. The van der Waals surface area contributed by atoms with Gasteiger partial charge in [0.15, 0.2) is 0 Å².